The van der Waals surface area contributed by atoms with Gasteiger partial charge < -0.3 is 9.52 Å². The van der Waals surface area contributed by atoms with Crippen LogP contribution in [0.1, 0.15) is 23.0 Å². The summed E-state index contributed by atoms with van der Waals surface area (Å²) in [6, 6.07) is 11.7. The van der Waals surface area contributed by atoms with Gasteiger partial charge in [-0.3, -0.25) is 4.98 Å². The van der Waals surface area contributed by atoms with Gasteiger partial charge in [0.05, 0.1) is 0 Å². The topological polar surface area (TPSA) is 46.3 Å². The summed E-state index contributed by atoms with van der Waals surface area (Å²) in [5.41, 5.74) is 2.99. The summed E-state index contributed by atoms with van der Waals surface area (Å²) in [5, 5.41) is 11.3. The molecule has 1 atom stereocenters. The summed E-state index contributed by atoms with van der Waals surface area (Å²) in [4.78, 5) is 4.04. The van der Waals surface area contributed by atoms with Crippen molar-refractivity contribution in [2.24, 2.45) is 0 Å². The fourth-order valence-corrected chi connectivity index (χ4v) is 2.19. The molecule has 0 aliphatic carbocycles. The Labute approximate surface area is 111 Å². The number of rotatable bonds is 3. The average molecular weight is 253 g/mol. The van der Waals surface area contributed by atoms with Crippen molar-refractivity contribution < 1.29 is 9.52 Å². The molecule has 0 fully saturated rings. The second-order valence-electron chi connectivity index (χ2n) is 4.77. The SMILES string of the molecule is Cc1ccc2oc(C(O)Cc3cccnc3)cc2c1. The number of aliphatic hydroxyl groups is 1. The monoisotopic (exact) mass is 253 g/mol. The maximum Gasteiger partial charge on any atom is 0.134 e. The Kier molecular flexibility index (Phi) is 3.05. The quantitative estimate of drug-likeness (QED) is 0.778. The first-order valence-electron chi connectivity index (χ1n) is 6.29. The third-order valence-electron chi connectivity index (χ3n) is 3.17. The van der Waals surface area contributed by atoms with Crippen LogP contribution in [0.15, 0.2) is 53.2 Å². The fraction of sp³-hybridized carbons (Fsp3) is 0.188. The van der Waals surface area contributed by atoms with Crippen molar-refractivity contribution >= 4 is 11.0 Å². The van der Waals surface area contributed by atoms with Gasteiger partial charge in [0.1, 0.15) is 17.4 Å². The second kappa shape index (κ2) is 4.86. The van der Waals surface area contributed by atoms with Crippen molar-refractivity contribution in [1.82, 2.24) is 4.98 Å². The molecule has 0 amide bonds. The highest BCUT2D eigenvalue weighted by molar-refractivity contribution is 5.78. The predicted octanol–water partition coefficient (Wildman–Crippen LogP) is 3.41. The van der Waals surface area contributed by atoms with E-state index in [-0.39, 0.29) is 0 Å². The molecule has 1 unspecified atom stereocenters. The van der Waals surface area contributed by atoms with E-state index in [0.717, 1.165) is 16.5 Å². The fourth-order valence-electron chi connectivity index (χ4n) is 2.19. The zero-order valence-electron chi connectivity index (χ0n) is 10.7. The number of aryl methyl sites for hydroxylation is 1. The van der Waals surface area contributed by atoms with Crippen LogP contribution in [0, 0.1) is 6.92 Å². The first-order valence-corrected chi connectivity index (χ1v) is 6.29. The van der Waals surface area contributed by atoms with Crippen molar-refractivity contribution in [3.63, 3.8) is 0 Å². The van der Waals surface area contributed by atoms with Crippen molar-refractivity contribution in [2.75, 3.05) is 0 Å². The molecule has 0 radical (unpaired) electrons. The molecule has 19 heavy (non-hydrogen) atoms. The molecule has 1 aromatic carbocycles. The van der Waals surface area contributed by atoms with Gasteiger partial charge in [0, 0.05) is 24.2 Å². The highest BCUT2D eigenvalue weighted by Crippen LogP contribution is 2.26. The highest BCUT2D eigenvalue weighted by Gasteiger charge is 2.14. The standard InChI is InChI=1S/C16H15NO2/c1-11-4-5-15-13(7-11)9-16(19-15)14(18)8-12-3-2-6-17-10-12/h2-7,9-10,14,18H,8H2,1H3. The molecule has 0 spiro atoms. The lowest BCUT2D eigenvalue weighted by molar-refractivity contribution is 0.152. The van der Waals surface area contributed by atoms with E-state index < -0.39 is 6.10 Å². The number of nitrogens with zero attached hydrogens (tertiary/aromatic N) is 1. The summed E-state index contributed by atoms with van der Waals surface area (Å²) >= 11 is 0. The molecule has 3 heteroatoms. The molecule has 0 saturated heterocycles. The molecule has 96 valence electrons. The molecule has 3 rings (SSSR count). The number of fused-ring (bicyclic) bond motifs is 1. The number of benzene rings is 1. The van der Waals surface area contributed by atoms with Crippen LogP contribution in [0.2, 0.25) is 0 Å². The minimum atomic E-state index is -0.642. The largest absolute Gasteiger partial charge is 0.458 e. The molecule has 0 bridgehead atoms. The maximum absolute atomic E-state index is 10.2. The van der Waals surface area contributed by atoms with Crippen LogP contribution < -0.4 is 0 Å². The molecule has 2 aromatic heterocycles. The zero-order chi connectivity index (χ0) is 13.2. The minimum absolute atomic E-state index is 0.507. The van der Waals surface area contributed by atoms with Crippen molar-refractivity contribution in [1.29, 1.82) is 0 Å². The molecule has 3 nitrogen and oxygen atoms in total. The first-order chi connectivity index (χ1) is 9.22. The molecule has 0 saturated carbocycles. The van der Waals surface area contributed by atoms with Gasteiger partial charge >= 0.3 is 0 Å². The van der Waals surface area contributed by atoms with Gasteiger partial charge in [-0.2, -0.15) is 0 Å². The average Bonchev–Trinajstić information content (AvgIpc) is 2.83. The Morgan fingerprint density at radius 3 is 2.95 bits per heavy atom. The van der Waals surface area contributed by atoms with Crippen LogP contribution in [-0.2, 0) is 6.42 Å². The van der Waals surface area contributed by atoms with Crippen LogP contribution in [-0.4, -0.2) is 10.1 Å². The van der Waals surface area contributed by atoms with Crippen LogP contribution in [0.3, 0.4) is 0 Å². The van der Waals surface area contributed by atoms with E-state index in [1.807, 2.05) is 37.3 Å². The van der Waals surface area contributed by atoms with E-state index >= 15 is 0 Å². The normalized spacial score (nSPS) is 12.7. The number of aromatic nitrogens is 1. The summed E-state index contributed by atoms with van der Waals surface area (Å²) in [7, 11) is 0. The molecular formula is C16H15NO2. The van der Waals surface area contributed by atoms with Gasteiger partial charge in [0.25, 0.3) is 0 Å². The van der Waals surface area contributed by atoms with E-state index in [1.165, 1.54) is 5.56 Å². The number of furan rings is 1. The number of hydrogen-bond acceptors (Lipinski definition) is 3. The van der Waals surface area contributed by atoms with Gasteiger partial charge in [-0.25, -0.2) is 0 Å². The van der Waals surface area contributed by atoms with Gasteiger partial charge in [-0.05, 0) is 36.8 Å². The second-order valence-corrected chi connectivity index (χ2v) is 4.77. The van der Waals surface area contributed by atoms with E-state index in [1.54, 1.807) is 12.4 Å². The van der Waals surface area contributed by atoms with E-state index in [4.69, 9.17) is 4.42 Å². The maximum atomic E-state index is 10.2. The first kappa shape index (κ1) is 11.9. The number of pyridine rings is 1. The van der Waals surface area contributed by atoms with E-state index in [2.05, 4.69) is 11.1 Å². The van der Waals surface area contributed by atoms with E-state index in [9.17, 15) is 5.11 Å². The van der Waals surface area contributed by atoms with Gasteiger partial charge in [0.15, 0.2) is 0 Å². The van der Waals surface area contributed by atoms with Crippen molar-refractivity contribution in [2.45, 2.75) is 19.4 Å². The van der Waals surface area contributed by atoms with Gasteiger partial charge in [0.2, 0.25) is 0 Å². The summed E-state index contributed by atoms with van der Waals surface area (Å²) < 4.78 is 5.69. The van der Waals surface area contributed by atoms with Crippen LogP contribution in [0.25, 0.3) is 11.0 Å². The van der Waals surface area contributed by atoms with Crippen molar-refractivity contribution in [3.05, 3.63) is 65.7 Å². The van der Waals surface area contributed by atoms with Crippen LogP contribution in [0.5, 0.6) is 0 Å². The lowest BCUT2D eigenvalue weighted by Gasteiger charge is -2.06. The number of hydrogen-bond donors (Lipinski definition) is 1. The Morgan fingerprint density at radius 1 is 1.26 bits per heavy atom. The van der Waals surface area contributed by atoms with Crippen LogP contribution >= 0.6 is 0 Å². The molecular weight excluding hydrogens is 238 g/mol. The molecule has 0 aliphatic heterocycles. The Balaban J connectivity index is 1.87. The summed E-state index contributed by atoms with van der Waals surface area (Å²) in [6.45, 7) is 2.04. The minimum Gasteiger partial charge on any atom is -0.458 e. The highest BCUT2D eigenvalue weighted by atomic mass is 16.4. The third-order valence-corrected chi connectivity index (χ3v) is 3.17. The Hall–Kier alpha value is -2.13. The Morgan fingerprint density at radius 2 is 2.16 bits per heavy atom. The molecule has 3 aromatic rings. The van der Waals surface area contributed by atoms with Crippen molar-refractivity contribution in [3.8, 4) is 0 Å². The summed E-state index contributed by atoms with van der Waals surface area (Å²) in [5.74, 6) is 0.601. The Bertz CT molecular complexity index is 688. The molecule has 0 aliphatic rings. The third kappa shape index (κ3) is 2.51. The van der Waals surface area contributed by atoms with Crippen LogP contribution in [0.4, 0.5) is 0 Å². The molecule has 1 N–H and O–H groups in total. The molecule has 2 heterocycles. The smallest absolute Gasteiger partial charge is 0.134 e. The summed E-state index contributed by atoms with van der Waals surface area (Å²) in [6.07, 6.45) is 3.35. The zero-order valence-corrected chi connectivity index (χ0v) is 10.7. The van der Waals surface area contributed by atoms with E-state index in [0.29, 0.717) is 12.2 Å². The lowest BCUT2D eigenvalue weighted by Crippen LogP contribution is -2.00. The lowest BCUT2D eigenvalue weighted by atomic mass is 10.1. The predicted molar refractivity (Wildman–Crippen MR) is 73.9 cm³/mol. The van der Waals surface area contributed by atoms with Gasteiger partial charge in [-0.15, -0.1) is 0 Å². The van der Waals surface area contributed by atoms with Gasteiger partial charge in [-0.1, -0.05) is 17.7 Å². The number of aliphatic hydroxyl groups excluding tert-OH is 1.